The zero-order chi connectivity index (χ0) is 15.1. The number of quaternary nitrogens is 1. The zero-order valence-electron chi connectivity index (χ0n) is 13.1. The third-order valence-electron chi connectivity index (χ3n) is 4.06. The molecule has 0 radical (unpaired) electrons. The lowest BCUT2D eigenvalue weighted by Gasteiger charge is -2.28. The second-order valence-corrected chi connectivity index (χ2v) is 5.69. The maximum Gasteiger partial charge on any atom is 0.309 e. The highest BCUT2D eigenvalue weighted by Crippen LogP contribution is 2.12. The van der Waals surface area contributed by atoms with E-state index in [1.165, 1.54) is 10.5 Å². The Morgan fingerprint density at radius 3 is 2.52 bits per heavy atom. The summed E-state index contributed by atoms with van der Waals surface area (Å²) in [5.74, 6) is 1.01. The molecule has 21 heavy (non-hydrogen) atoms. The van der Waals surface area contributed by atoms with E-state index in [-0.39, 0.29) is 11.9 Å². The van der Waals surface area contributed by atoms with E-state index in [1.807, 2.05) is 19.1 Å². The van der Waals surface area contributed by atoms with Gasteiger partial charge in [0.15, 0.2) is 0 Å². The van der Waals surface area contributed by atoms with Crippen LogP contribution in [0.15, 0.2) is 24.3 Å². The first-order valence-corrected chi connectivity index (χ1v) is 7.88. The molecule has 1 N–H and O–H groups in total. The highest BCUT2D eigenvalue weighted by molar-refractivity contribution is 5.72. The van der Waals surface area contributed by atoms with Gasteiger partial charge in [0, 0.05) is 12.8 Å². The number of hydrogen-bond donors (Lipinski definition) is 1. The first-order valence-electron chi connectivity index (χ1n) is 7.88. The van der Waals surface area contributed by atoms with Gasteiger partial charge in [0.05, 0.1) is 25.6 Å². The molecule has 0 bridgehead atoms. The summed E-state index contributed by atoms with van der Waals surface area (Å²) in [5.41, 5.74) is 1.24. The van der Waals surface area contributed by atoms with E-state index >= 15 is 0 Å². The number of hydrogen-bond acceptors (Lipinski definition) is 3. The molecule has 0 spiro atoms. The topological polar surface area (TPSA) is 40.0 Å². The molecule has 4 heteroatoms. The van der Waals surface area contributed by atoms with E-state index in [1.54, 1.807) is 0 Å². The molecule has 4 nitrogen and oxygen atoms in total. The second kappa shape index (κ2) is 8.03. The van der Waals surface area contributed by atoms with Crippen LogP contribution in [0.5, 0.6) is 5.75 Å². The molecular formula is C17H26NO3+. The molecule has 1 saturated heterocycles. The summed E-state index contributed by atoms with van der Waals surface area (Å²) in [4.78, 5) is 13.2. The van der Waals surface area contributed by atoms with Crippen molar-refractivity contribution in [3.8, 4) is 5.75 Å². The Morgan fingerprint density at radius 2 is 1.90 bits per heavy atom. The number of rotatable bonds is 6. The smallest absolute Gasteiger partial charge is 0.309 e. The fraction of sp³-hybridized carbons (Fsp3) is 0.588. The fourth-order valence-corrected chi connectivity index (χ4v) is 2.72. The summed E-state index contributed by atoms with van der Waals surface area (Å²) in [6.45, 7) is 8.19. The average molecular weight is 292 g/mol. The van der Waals surface area contributed by atoms with Gasteiger partial charge in [-0.05, 0) is 26.0 Å². The van der Waals surface area contributed by atoms with Crippen molar-refractivity contribution in [2.45, 2.75) is 26.7 Å². The number of ether oxygens (including phenoxy) is 2. The van der Waals surface area contributed by atoms with E-state index in [4.69, 9.17) is 9.47 Å². The monoisotopic (exact) mass is 292 g/mol. The summed E-state index contributed by atoms with van der Waals surface area (Å²) in [6.07, 6.45) is 1.86. The highest BCUT2D eigenvalue weighted by atomic mass is 16.5. The number of piperidine rings is 1. The van der Waals surface area contributed by atoms with Gasteiger partial charge in [-0.1, -0.05) is 17.7 Å². The molecule has 1 aliphatic heterocycles. The average Bonchev–Trinajstić information content (AvgIpc) is 2.50. The van der Waals surface area contributed by atoms with Crippen LogP contribution in [-0.4, -0.2) is 38.8 Å². The van der Waals surface area contributed by atoms with Crippen LogP contribution >= 0.6 is 0 Å². The van der Waals surface area contributed by atoms with Crippen LogP contribution in [-0.2, 0) is 9.53 Å². The number of benzene rings is 1. The summed E-state index contributed by atoms with van der Waals surface area (Å²) < 4.78 is 10.9. The minimum atomic E-state index is -0.0209. The van der Waals surface area contributed by atoms with E-state index in [0.29, 0.717) is 6.61 Å². The fourth-order valence-electron chi connectivity index (χ4n) is 2.72. The number of likely N-dealkylation sites (tertiary alicyclic amines) is 1. The van der Waals surface area contributed by atoms with Crippen molar-refractivity contribution in [3.63, 3.8) is 0 Å². The Morgan fingerprint density at radius 1 is 1.24 bits per heavy atom. The Labute approximate surface area is 127 Å². The van der Waals surface area contributed by atoms with E-state index in [0.717, 1.165) is 44.8 Å². The Balaban J connectivity index is 1.65. The molecule has 1 aromatic carbocycles. The van der Waals surface area contributed by atoms with Gasteiger partial charge in [-0.2, -0.15) is 0 Å². The van der Waals surface area contributed by atoms with Crippen molar-refractivity contribution in [1.29, 1.82) is 0 Å². The summed E-state index contributed by atoms with van der Waals surface area (Å²) >= 11 is 0. The molecule has 0 aliphatic carbocycles. The number of esters is 1. The second-order valence-electron chi connectivity index (χ2n) is 5.69. The third-order valence-corrected chi connectivity index (χ3v) is 4.06. The van der Waals surface area contributed by atoms with Gasteiger partial charge in [-0.15, -0.1) is 0 Å². The first kappa shape index (κ1) is 15.8. The highest BCUT2D eigenvalue weighted by Gasteiger charge is 2.28. The van der Waals surface area contributed by atoms with Gasteiger partial charge < -0.3 is 14.4 Å². The van der Waals surface area contributed by atoms with Crippen molar-refractivity contribution in [2.24, 2.45) is 5.92 Å². The molecule has 1 heterocycles. The number of carbonyl (C=O) groups excluding carboxylic acids is 1. The minimum absolute atomic E-state index is 0.0209. The molecular weight excluding hydrogens is 266 g/mol. The lowest BCUT2D eigenvalue weighted by Crippen LogP contribution is -3.13. The van der Waals surface area contributed by atoms with Crippen molar-refractivity contribution in [3.05, 3.63) is 29.8 Å². The Kier molecular flexibility index (Phi) is 6.05. The molecule has 0 saturated carbocycles. The first-order chi connectivity index (χ1) is 10.2. The summed E-state index contributed by atoms with van der Waals surface area (Å²) in [6, 6.07) is 8.15. The summed E-state index contributed by atoms with van der Waals surface area (Å²) in [7, 11) is 0. The Bertz CT molecular complexity index is 436. The van der Waals surface area contributed by atoms with Crippen molar-refractivity contribution < 1.29 is 19.2 Å². The minimum Gasteiger partial charge on any atom is -0.488 e. The van der Waals surface area contributed by atoms with Gasteiger partial charge >= 0.3 is 5.97 Å². The largest absolute Gasteiger partial charge is 0.488 e. The molecule has 116 valence electrons. The van der Waals surface area contributed by atoms with Crippen LogP contribution in [0.1, 0.15) is 25.3 Å². The van der Waals surface area contributed by atoms with Crippen LogP contribution < -0.4 is 9.64 Å². The van der Waals surface area contributed by atoms with Gasteiger partial charge in [0.2, 0.25) is 0 Å². The van der Waals surface area contributed by atoms with Crippen LogP contribution in [0.2, 0.25) is 0 Å². The van der Waals surface area contributed by atoms with Crippen molar-refractivity contribution >= 4 is 5.97 Å². The van der Waals surface area contributed by atoms with Crippen LogP contribution in [0.4, 0.5) is 0 Å². The Hall–Kier alpha value is -1.55. The maximum atomic E-state index is 11.7. The quantitative estimate of drug-likeness (QED) is 0.802. The molecule has 1 aliphatic rings. The molecule has 0 atom stereocenters. The maximum absolute atomic E-state index is 11.7. The molecule has 1 fully saturated rings. The number of carbonyl (C=O) groups is 1. The van der Waals surface area contributed by atoms with Gasteiger partial charge in [0.1, 0.15) is 18.9 Å². The van der Waals surface area contributed by atoms with Crippen molar-refractivity contribution in [2.75, 3.05) is 32.8 Å². The van der Waals surface area contributed by atoms with Crippen LogP contribution in [0.25, 0.3) is 0 Å². The molecule has 0 unspecified atom stereocenters. The zero-order valence-corrected chi connectivity index (χ0v) is 13.1. The number of nitrogens with one attached hydrogen (secondary N) is 1. The molecule has 0 amide bonds. The van der Waals surface area contributed by atoms with Gasteiger partial charge in [-0.25, -0.2) is 0 Å². The normalized spacial score (nSPS) is 21.8. The van der Waals surface area contributed by atoms with Crippen LogP contribution in [0.3, 0.4) is 0 Å². The summed E-state index contributed by atoms with van der Waals surface area (Å²) in [5, 5.41) is 0. The number of aryl methyl sites for hydroxylation is 1. The molecule has 2 rings (SSSR count). The lowest BCUT2D eigenvalue weighted by atomic mass is 9.97. The van der Waals surface area contributed by atoms with Crippen LogP contribution in [0, 0.1) is 12.8 Å². The molecule has 1 aromatic rings. The SMILES string of the molecule is CCOC(=O)C1CC[NH+](CCOc2ccc(C)cc2)CC1. The van der Waals surface area contributed by atoms with E-state index in [2.05, 4.69) is 19.1 Å². The lowest BCUT2D eigenvalue weighted by molar-refractivity contribution is -0.905. The van der Waals surface area contributed by atoms with E-state index in [9.17, 15) is 4.79 Å². The predicted molar refractivity (Wildman–Crippen MR) is 81.6 cm³/mol. The third kappa shape index (κ3) is 5.05. The van der Waals surface area contributed by atoms with Crippen molar-refractivity contribution in [1.82, 2.24) is 0 Å². The van der Waals surface area contributed by atoms with Gasteiger partial charge in [-0.3, -0.25) is 4.79 Å². The molecule has 0 aromatic heterocycles. The van der Waals surface area contributed by atoms with Gasteiger partial charge in [0.25, 0.3) is 0 Å². The predicted octanol–water partition coefficient (Wildman–Crippen LogP) is 1.23. The van der Waals surface area contributed by atoms with E-state index < -0.39 is 0 Å². The standard InChI is InChI=1S/C17H25NO3/c1-3-20-17(19)15-8-10-18(11-9-15)12-13-21-16-6-4-14(2)5-7-16/h4-7,15H,3,8-13H2,1-2H3/p+1.